The normalized spacial score (nSPS) is 14.9. The molecule has 0 saturated carbocycles. The Balaban J connectivity index is 3.62. The van der Waals surface area contributed by atoms with Crippen LogP contribution in [0.1, 0.15) is 58.8 Å². The summed E-state index contributed by atoms with van der Waals surface area (Å²) >= 11 is 0. The molecule has 0 fully saturated rings. The van der Waals surface area contributed by atoms with Gasteiger partial charge in [0.05, 0.1) is 12.0 Å². The first kappa shape index (κ1) is 14.4. The monoisotopic (exact) mass is 216 g/mol. The van der Waals surface area contributed by atoms with Crippen molar-refractivity contribution in [3.63, 3.8) is 0 Å². The minimum Gasteiger partial charge on any atom is -0.481 e. The van der Waals surface area contributed by atoms with E-state index in [1.54, 1.807) is 6.92 Å². The topological polar surface area (TPSA) is 57.5 Å². The smallest absolute Gasteiger partial charge is 0.309 e. The summed E-state index contributed by atoms with van der Waals surface area (Å²) in [6, 6.07) is 0. The highest BCUT2D eigenvalue weighted by Crippen LogP contribution is 2.16. The van der Waals surface area contributed by atoms with E-state index in [9.17, 15) is 9.90 Å². The van der Waals surface area contributed by atoms with Crippen molar-refractivity contribution in [2.75, 3.05) is 0 Å². The first-order chi connectivity index (χ1) is 7.13. The van der Waals surface area contributed by atoms with Crippen LogP contribution in [0.3, 0.4) is 0 Å². The molecular formula is C12H24O3. The summed E-state index contributed by atoms with van der Waals surface area (Å²) in [5.74, 6) is -1.46. The van der Waals surface area contributed by atoms with Crippen LogP contribution in [0.4, 0.5) is 0 Å². The fraction of sp³-hybridized carbons (Fsp3) is 0.917. The molecule has 0 radical (unpaired) electrons. The van der Waals surface area contributed by atoms with Crippen LogP contribution < -0.4 is 0 Å². The maximum atomic E-state index is 10.7. The third kappa shape index (κ3) is 6.50. The summed E-state index contributed by atoms with van der Waals surface area (Å²) in [7, 11) is 0. The number of hydrogen-bond acceptors (Lipinski definition) is 2. The first-order valence-electron chi connectivity index (χ1n) is 6.04. The molecule has 0 heterocycles. The Morgan fingerprint density at radius 3 is 2.20 bits per heavy atom. The molecule has 0 saturated heterocycles. The Morgan fingerprint density at radius 2 is 1.73 bits per heavy atom. The molecule has 0 unspecified atom stereocenters. The van der Waals surface area contributed by atoms with Crippen LogP contribution in [-0.2, 0) is 4.79 Å². The average Bonchev–Trinajstić information content (AvgIpc) is 2.18. The fourth-order valence-corrected chi connectivity index (χ4v) is 1.77. The lowest BCUT2D eigenvalue weighted by atomic mass is 9.95. The lowest BCUT2D eigenvalue weighted by molar-refractivity contribution is -0.146. The van der Waals surface area contributed by atoms with Crippen molar-refractivity contribution in [2.45, 2.75) is 64.9 Å². The zero-order valence-corrected chi connectivity index (χ0v) is 9.91. The molecule has 0 amide bonds. The van der Waals surface area contributed by atoms with Gasteiger partial charge in [-0.2, -0.15) is 0 Å². The van der Waals surface area contributed by atoms with Crippen LogP contribution in [0.25, 0.3) is 0 Å². The van der Waals surface area contributed by atoms with Gasteiger partial charge < -0.3 is 10.2 Å². The molecule has 0 bridgehead atoms. The summed E-state index contributed by atoms with van der Waals surface area (Å²) in [4.78, 5) is 10.7. The fourth-order valence-electron chi connectivity index (χ4n) is 1.77. The molecule has 3 heteroatoms. The van der Waals surface area contributed by atoms with E-state index in [0.717, 1.165) is 12.8 Å². The Hall–Kier alpha value is -0.570. The van der Waals surface area contributed by atoms with Gasteiger partial charge in [-0.15, -0.1) is 0 Å². The van der Waals surface area contributed by atoms with Gasteiger partial charge in [0.25, 0.3) is 0 Å². The second-order valence-electron chi connectivity index (χ2n) is 4.12. The van der Waals surface area contributed by atoms with Crippen molar-refractivity contribution in [3.05, 3.63) is 0 Å². The third-order valence-corrected chi connectivity index (χ3v) is 2.82. The second kappa shape index (κ2) is 8.72. The quantitative estimate of drug-likeness (QED) is 0.583. The van der Waals surface area contributed by atoms with Crippen LogP contribution >= 0.6 is 0 Å². The van der Waals surface area contributed by atoms with Gasteiger partial charge >= 0.3 is 5.97 Å². The molecule has 0 aromatic heterocycles. The first-order valence-corrected chi connectivity index (χ1v) is 6.04. The lowest BCUT2D eigenvalue weighted by Crippen LogP contribution is -2.27. The second-order valence-corrected chi connectivity index (χ2v) is 4.12. The Morgan fingerprint density at radius 1 is 1.13 bits per heavy atom. The van der Waals surface area contributed by atoms with E-state index in [-0.39, 0.29) is 0 Å². The largest absolute Gasteiger partial charge is 0.481 e. The maximum Gasteiger partial charge on any atom is 0.309 e. The maximum absolute atomic E-state index is 10.7. The highest BCUT2D eigenvalue weighted by atomic mass is 16.4. The number of rotatable bonds is 9. The summed E-state index contributed by atoms with van der Waals surface area (Å²) in [5.41, 5.74) is 0. The van der Waals surface area contributed by atoms with Crippen LogP contribution in [0.15, 0.2) is 0 Å². The number of carboxylic acids is 1. The number of carbonyl (C=O) groups is 1. The molecule has 0 aliphatic heterocycles. The van der Waals surface area contributed by atoms with E-state index in [0.29, 0.717) is 12.8 Å². The standard InChI is InChI=1S/C12H24O3/c1-3-5-6-7-8-9-11(13)10(4-2)12(14)15/h10-11,13H,3-9H2,1-2H3,(H,14,15)/t10-,11-/m1/s1. The molecule has 0 aromatic rings. The van der Waals surface area contributed by atoms with Crippen LogP contribution in [-0.4, -0.2) is 22.3 Å². The van der Waals surface area contributed by atoms with E-state index < -0.39 is 18.0 Å². The van der Waals surface area contributed by atoms with E-state index in [1.807, 2.05) is 0 Å². The SMILES string of the molecule is CCCCCCC[C@@H](O)[C@@H](CC)C(=O)O. The van der Waals surface area contributed by atoms with E-state index in [1.165, 1.54) is 19.3 Å². The summed E-state index contributed by atoms with van der Waals surface area (Å²) in [6.07, 6.45) is 6.11. The van der Waals surface area contributed by atoms with Crippen molar-refractivity contribution in [2.24, 2.45) is 5.92 Å². The Labute approximate surface area is 92.5 Å². The molecule has 2 atom stereocenters. The molecule has 0 aliphatic rings. The highest BCUT2D eigenvalue weighted by Gasteiger charge is 2.23. The summed E-state index contributed by atoms with van der Waals surface area (Å²) in [5, 5.41) is 18.5. The zero-order chi connectivity index (χ0) is 11.7. The highest BCUT2D eigenvalue weighted by molar-refractivity contribution is 5.70. The van der Waals surface area contributed by atoms with Crippen LogP contribution in [0.2, 0.25) is 0 Å². The predicted molar refractivity (Wildman–Crippen MR) is 60.8 cm³/mol. The van der Waals surface area contributed by atoms with Gasteiger partial charge in [-0.3, -0.25) is 4.79 Å². The van der Waals surface area contributed by atoms with Crippen molar-refractivity contribution >= 4 is 5.97 Å². The van der Waals surface area contributed by atoms with Gasteiger partial charge in [0.1, 0.15) is 0 Å². The molecule has 3 nitrogen and oxygen atoms in total. The van der Waals surface area contributed by atoms with Crippen molar-refractivity contribution in [1.29, 1.82) is 0 Å². The lowest BCUT2D eigenvalue weighted by Gasteiger charge is -2.17. The van der Waals surface area contributed by atoms with Gasteiger partial charge in [-0.05, 0) is 12.8 Å². The minimum atomic E-state index is -0.876. The van der Waals surface area contributed by atoms with E-state index in [2.05, 4.69) is 6.92 Å². The Bertz CT molecular complexity index is 168. The van der Waals surface area contributed by atoms with Gasteiger partial charge in [0.2, 0.25) is 0 Å². The van der Waals surface area contributed by atoms with Crippen LogP contribution in [0, 0.1) is 5.92 Å². The molecule has 0 rings (SSSR count). The summed E-state index contributed by atoms with van der Waals surface area (Å²) in [6.45, 7) is 3.96. The number of hydrogen-bond donors (Lipinski definition) is 2. The molecule has 0 aliphatic carbocycles. The van der Waals surface area contributed by atoms with Gasteiger partial charge in [0, 0.05) is 0 Å². The van der Waals surface area contributed by atoms with Crippen molar-refractivity contribution < 1.29 is 15.0 Å². The number of aliphatic carboxylic acids is 1. The predicted octanol–water partition coefficient (Wildman–Crippen LogP) is 2.82. The minimum absolute atomic E-state index is 0.505. The number of carboxylic acid groups (broad SMARTS) is 1. The Kier molecular flexibility index (Phi) is 8.38. The van der Waals surface area contributed by atoms with Gasteiger partial charge in [0.15, 0.2) is 0 Å². The number of aliphatic hydroxyl groups excluding tert-OH is 1. The zero-order valence-electron chi connectivity index (χ0n) is 9.91. The molecule has 15 heavy (non-hydrogen) atoms. The van der Waals surface area contributed by atoms with Gasteiger partial charge in [-0.25, -0.2) is 0 Å². The van der Waals surface area contributed by atoms with Crippen LogP contribution in [0.5, 0.6) is 0 Å². The van der Waals surface area contributed by atoms with E-state index in [4.69, 9.17) is 5.11 Å². The number of aliphatic hydroxyl groups is 1. The number of unbranched alkanes of at least 4 members (excludes halogenated alkanes) is 4. The average molecular weight is 216 g/mol. The summed E-state index contributed by atoms with van der Waals surface area (Å²) < 4.78 is 0. The van der Waals surface area contributed by atoms with Gasteiger partial charge in [-0.1, -0.05) is 46.0 Å². The van der Waals surface area contributed by atoms with Crippen molar-refractivity contribution in [1.82, 2.24) is 0 Å². The van der Waals surface area contributed by atoms with Crippen molar-refractivity contribution in [3.8, 4) is 0 Å². The third-order valence-electron chi connectivity index (χ3n) is 2.82. The molecule has 2 N–H and O–H groups in total. The molecule has 0 spiro atoms. The molecular weight excluding hydrogens is 192 g/mol. The molecule has 0 aromatic carbocycles. The molecule has 90 valence electrons. The van der Waals surface area contributed by atoms with E-state index >= 15 is 0 Å².